The molecule has 0 amide bonds. The van der Waals surface area contributed by atoms with E-state index >= 15 is 0 Å². The number of halogens is 1. The molecule has 0 radical (unpaired) electrons. The van der Waals surface area contributed by atoms with Crippen LogP contribution in [0.1, 0.15) is 12.8 Å². The van der Waals surface area contributed by atoms with Crippen LogP contribution in [-0.2, 0) is 0 Å². The second-order valence-corrected chi connectivity index (χ2v) is 4.35. The van der Waals surface area contributed by atoms with Crippen molar-refractivity contribution in [3.63, 3.8) is 0 Å². The van der Waals surface area contributed by atoms with Gasteiger partial charge in [0.05, 0.1) is 12.5 Å². The molecule has 0 aliphatic heterocycles. The van der Waals surface area contributed by atoms with Crippen molar-refractivity contribution in [1.82, 2.24) is 4.98 Å². The average Bonchev–Trinajstić information content (AvgIpc) is 3.10. The lowest BCUT2D eigenvalue weighted by Crippen LogP contribution is -2.17. The van der Waals surface area contributed by atoms with E-state index in [1.165, 1.54) is 12.8 Å². The molecule has 2 rings (SSSR count). The number of pyridine rings is 1. The van der Waals surface area contributed by atoms with Gasteiger partial charge in [0, 0.05) is 12.7 Å². The minimum Gasteiger partial charge on any atom is -0.493 e. The van der Waals surface area contributed by atoms with E-state index < -0.39 is 0 Å². The summed E-state index contributed by atoms with van der Waals surface area (Å²) >= 11 is 6.19. The van der Waals surface area contributed by atoms with Crippen LogP contribution in [0.3, 0.4) is 0 Å². The summed E-state index contributed by atoms with van der Waals surface area (Å²) in [5, 5.41) is 3.42. The number of aromatic nitrogens is 1. The molecule has 1 fully saturated rings. The lowest BCUT2D eigenvalue weighted by Gasteiger charge is -2.12. The molecule has 1 atom stereocenters. The van der Waals surface area contributed by atoms with Crippen molar-refractivity contribution in [3.05, 3.63) is 18.3 Å². The Bertz CT molecular complexity index is 328. The predicted octanol–water partition coefficient (Wildman–Crippen LogP) is 2.52. The minimum atomic E-state index is 0.205. The van der Waals surface area contributed by atoms with Gasteiger partial charge >= 0.3 is 0 Å². The number of nitrogens with one attached hydrogen (secondary N) is 1. The van der Waals surface area contributed by atoms with Crippen LogP contribution in [0.5, 0.6) is 5.75 Å². The highest BCUT2D eigenvalue weighted by Gasteiger charge is 2.29. The van der Waals surface area contributed by atoms with Gasteiger partial charge in [-0.25, -0.2) is 4.98 Å². The van der Waals surface area contributed by atoms with Gasteiger partial charge in [-0.05, 0) is 30.9 Å². The number of ether oxygens (including phenoxy) is 1. The van der Waals surface area contributed by atoms with Crippen molar-refractivity contribution < 1.29 is 4.74 Å². The summed E-state index contributed by atoms with van der Waals surface area (Å²) in [4.78, 5) is 4.21. The third kappa shape index (κ3) is 2.75. The first kappa shape index (κ1) is 10.6. The van der Waals surface area contributed by atoms with Crippen LogP contribution in [0.15, 0.2) is 18.3 Å². The molecule has 1 aliphatic rings. The normalized spacial score (nSPS) is 17.2. The largest absolute Gasteiger partial charge is 0.493 e. The van der Waals surface area contributed by atoms with Crippen LogP contribution in [0.4, 0.5) is 5.82 Å². The molecule has 1 aromatic heterocycles. The molecule has 0 saturated heterocycles. The summed E-state index contributed by atoms with van der Waals surface area (Å²) in [5.74, 6) is 2.22. The maximum absolute atomic E-state index is 6.19. The molecule has 0 aromatic carbocycles. The van der Waals surface area contributed by atoms with E-state index in [1.807, 2.05) is 12.1 Å². The summed E-state index contributed by atoms with van der Waals surface area (Å²) in [5.41, 5.74) is 0. The molecule has 0 bridgehead atoms. The van der Waals surface area contributed by atoms with Crippen LogP contribution >= 0.6 is 11.6 Å². The van der Waals surface area contributed by atoms with Gasteiger partial charge in [0.2, 0.25) is 0 Å². The maximum atomic E-state index is 6.19. The lowest BCUT2D eigenvalue weighted by atomic mass is 10.3. The molecule has 15 heavy (non-hydrogen) atoms. The Balaban J connectivity index is 1.91. The Hall–Kier alpha value is -0.960. The SMILES string of the molecule is COc1cccnc1NCC(Cl)C1CC1. The van der Waals surface area contributed by atoms with E-state index in [-0.39, 0.29) is 5.38 Å². The molecule has 1 aliphatic carbocycles. The van der Waals surface area contributed by atoms with Crippen molar-refractivity contribution in [1.29, 1.82) is 0 Å². The van der Waals surface area contributed by atoms with E-state index in [4.69, 9.17) is 16.3 Å². The minimum absolute atomic E-state index is 0.205. The first-order valence-electron chi connectivity index (χ1n) is 5.18. The molecule has 1 aromatic rings. The third-order valence-electron chi connectivity index (χ3n) is 2.59. The summed E-state index contributed by atoms with van der Waals surface area (Å²) in [6.45, 7) is 0.750. The zero-order valence-electron chi connectivity index (χ0n) is 8.74. The topological polar surface area (TPSA) is 34.1 Å². The first-order chi connectivity index (χ1) is 7.31. The smallest absolute Gasteiger partial charge is 0.168 e. The Kier molecular flexibility index (Phi) is 3.31. The second-order valence-electron chi connectivity index (χ2n) is 3.79. The molecule has 3 nitrogen and oxygen atoms in total. The fraction of sp³-hybridized carbons (Fsp3) is 0.545. The standard InChI is InChI=1S/C11H15ClN2O/c1-15-10-3-2-6-13-11(10)14-7-9(12)8-4-5-8/h2-3,6,8-9H,4-5,7H2,1H3,(H,13,14). The highest BCUT2D eigenvalue weighted by Crippen LogP contribution is 2.35. The van der Waals surface area contributed by atoms with Gasteiger partial charge in [0.1, 0.15) is 0 Å². The fourth-order valence-electron chi connectivity index (χ4n) is 1.51. The van der Waals surface area contributed by atoms with Crippen LogP contribution < -0.4 is 10.1 Å². The molecule has 1 saturated carbocycles. The Labute approximate surface area is 94.8 Å². The number of hydrogen-bond donors (Lipinski definition) is 1. The first-order valence-corrected chi connectivity index (χ1v) is 5.62. The highest BCUT2D eigenvalue weighted by atomic mass is 35.5. The van der Waals surface area contributed by atoms with Gasteiger partial charge in [-0.2, -0.15) is 0 Å². The number of hydrogen-bond acceptors (Lipinski definition) is 3. The third-order valence-corrected chi connectivity index (χ3v) is 3.10. The van der Waals surface area contributed by atoms with Gasteiger partial charge in [0.25, 0.3) is 0 Å². The zero-order chi connectivity index (χ0) is 10.7. The summed E-state index contributed by atoms with van der Waals surface area (Å²) in [6.07, 6.45) is 4.26. The molecule has 1 N–H and O–H groups in total. The van der Waals surface area contributed by atoms with Crippen LogP contribution in [0, 0.1) is 5.92 Å². The van der Waals surface area contributed by atoms with Gasteiger partial charge in [0.15, 0.2) is 11.6 Å². The maximum Gasteiger partial charge on any atom is 0.168 e. The van der Waals surface area contributed by atoms with Gasteiger partial charge in [-0.1, -0.05) is 0 Å². The summed E-state index contributed by atoms with van der Waals surface area (Å²) in [7, 11) is 1.64. The van der Waals surface area contributed by atoms with E-state index in [0.29, 0.717) is 5.92 Å². The van der Waals surface area contributed by atoms with Crippen molar-refractivity contribution >= 4 is 17.4 Å². The molecular formula is C11H15ClN2O. The average molecular weight is 227 g/mol. The summed E-state index contributed by atoms with van der Waals surface area (Å²) < 4.78 is 5.19. The van der Waals surface area contributed by atoms with E-state index in [9.17, 15) is 0 Å². The number of nitrogens with zero attached hydrogens (tertiary/aromatic N) is 1. The van der Waals surface area contributed by atoms with Gasteiger partial charge in [-0.3, -0.25) is 0 Å². The van der Waals surface area contributed by atoms with Crippen molar-refractivity contribution in [2.24, 2.45) is 5.92 Å². The quantitative estimate of drug-likeness (QED) is 0.784. The fourth-order valence-corrected chi connectivity index (χ4v) is 1.84. The van der Waals surface area contributed by atoms with Gasteiger partial charge < -0.3 is 10.1 Å². The Morgan fingerprint density at radius 2 is 2.47 bits per heavy atom. The van der Waals surface area contributed by atoms with Crippen molar-refractivity contribution in [2.45, 2.75) is 18.2 Å². The van der Waals surface area contributed by atoms with Crippen LogP contribution in [0.2, 0.25) is 0 Å². The highest BCUT2D eigenvalue weighted by molar-refractivity contribution is 6.21. The van der Waals surface area contributed by atoms with Crippen molar-refractivity contribution in [3.8, 4) is 5.75 Å². The zero-order valence-corrected chi connectivity index (χ0v) is 9.50. The second kappa shape index (κ2) is 4.71. The van der Waals surface area contributed by atoms with E-state index in [0.717, 1.165) is 18.1 Å². The molecular weight excluding hydrogens is 212 g/mol. The lowest BCUT2D eigenvalue weighted by molar-refractivity contribution is 0.414. The Morgan fingerprint density at radius 3 is 3.13 bits per heavy atom. The van der Waals surface area contributed by atoms with Crippen LogP contribution in [-0.4, -0.2) is 24.0 Å². The van der Waals surface area contributed by atoms with Gasteiger partial charge in [-0.15, -0.1) is 11.6 Å². The predicted molar refractivity (Wildman–Crippen MR) is 61.6 cm³/mol. The van der Waals surface area contributed by atoms with E-state index in [2.05, 4.69) is 10.3 Å². The Morgan fingerprint density at radius 1 is 1.67 bits per heavy atom. The molecule has 1 unspecified atom stereocenters. The number of methoxy groups -OCH3 is 1. The van der Waals surface area contributed by atoms with E-state index in [1.54, 1.807) is 13.3 Å². The molecule has 1 heterocycles. The number of rotatable bonds is 5. The molecule has 0 spiro atoms. The number of alkyl halides is 1. The van der Waals surface area contributed by atoms with Crippen molar-refractivity contribution in [2.75, 3.05) is 19.0 Å². The van der Waals surface area contributed by atoms with Crippen LogP contribution in [0.25, 0.3) is 0 Å². The summed E-state index contributed by atoms with van der Waals surface area (Å²) in [6, 6.07) is 3.73. The molecule has 4 heteroatoms. The number of anilines is 1. The molecule has 82 valence electrons. The monoisotopic (exact) mass is 226 g/mol.